The van der Waals surface area contributed by atoms with Gasteiger partial charge in [-0.3, -0.25) is 9.79 Å². The molecular formula is C24H23N5O. The number of nitrogens with one attached hydrogen (secondary N) is 2. The smallest absolute Gasteiger partial charge is 0.179 e. The van der Waals surface area contributed by atoms with Gasteiger partial charge >= 0.3 is 0 Å². The third kappa shape index (κ3) is 3.52. The first-order valence-electron chi connectivity index (χ1n) is 10.2. The van der Waals surface area contributed by atoms with E-state index in [1.807, 2.05) is 41.4 Å². The van der Waals surface area contributed by atoms with Crippen molar-refractivity contribution in [1.82, 2.24) is 14.8 Å². The van der Waals surface area contributed by atoms with Crippen LogP contribution in [0.25, 0.3) is 16.6 Å². The number of benzene rings is 2. The van der Waals surface area contributed by atoms with Gasteiger partial charge in [0, 0.05) is 29.2 Å². The van der Waals surface area contributed by atoms with Gasteiger partial charge in [-0.15, -0.1) is 0 Å². The number of carbonyl (C=O) groups is 1. The summed E-state index contributed by atoms with van der Waals surface area (Å²) in [6.45, 7) is 4.87. The standard InChI is InChI=1S/C24H23N5O/c1-15(2)7-24(30)23-9-16-4-6-21(10-22(16)28-23)29-14-20(13-26-29)27-19-5-3-17-11-25-12-18(17)8-19/h3-6,8-10,12-15,27-28H,7,11H2,1-2H3. The third-order valence-electron chi connectivity index (χ3n) is 5.27. The lowest BCUT2D eigenvalue weighted by Gasteiger charge is -2.05. The van der Waals surface area contributed by atoms with Crippen molar-refractivity contribution in [2.45, 2.75) is 26.8 Å². The molecule has 0 aliphatic carbocycles. The van der Waals surface area contributed by atoms with Crippen LogP contribution in [0.3, 0.4) is 0 Å². The van der Waals surface area contributed by atoms with Gasteiger partial charge in [-0.25, -0.2) is 4.68 Å². The summed E-state index contributed by atoms with van der Waals surface area (Å²) < 4.78 is 1.83. The average molecular weight is 397 g/mol. The second-order valence-corrected chi connectivity index (χ2v) is 8.16. The Morgan fingerprint density at radius 2 is 2.07 bits per heavy atom. The number of H-pyrrole nitrogens is 1. The first kappa shape index (κ1) is 18.4. The van der Waals surface area contributed by atoms with Crippen LogP contribution >= 0.6 is 0 Å². The second-order valence-electron chi connectivity index (χ2n) is 8.16. The number of ketones is 1. The van der Waals surface area contributed by atoms with Gasteiger partial charge in [0.15, 0.2) is 5.78 Å². The van der Waals surface area contributed by atoms with E-state index < -0.39 is 0 Å². The minimum Gasteiger partial charge on any atom is -0.353 e. The van der Waals surface area contributed by atoms with E-state index in [9.17, 15) is 4.79 Å². The summed E-state index contributed by atoms with van der Waals surface area (Å²) in [5.74, 6) is 0.486. The van der Waals surface area contributed by atoms with Crippen molar-refractivity contribution in [3.63, 3.8) is 0 Å². The molecule has 2 N–H and O–H groups in total. The van der Waals surface area contributed by atoms with E-state index in [1.54, 1.807) is 6.20 Å². The Kier molecular flexibility index (Phi) is 4.47. The van der Waals surface area contributed by atoms with E-state index in [0.29, 0.717) is 18.0 Å². The number of aromatic nitrogens is 3. The molecule has 0 saturated heterocycles. The van der Waals surface area contributed by atoms with E-state index >= 15 is 0 Å². The van der Waals surface area contributed by atoms with Gasteiger partial charge in [-0.1, -0.05) is 26.0 Å². The number of carbonyl (C=O) groups excluding carboxylic acids is 1. The summed E-state index contributed by atoms with van der Waals surface area (Å²) in [7, 11) is 0. The van der Waals surface area contributed by atoms with E-state index in [1.165, 1.54) is 5.56 Å². The third-order valence-corrected chi connectivity index (χ3v) is 5.27. The fourth-order valence-electron chi connectivity index (χ4n) is 3.76. The predicted molar refractivity (Wildman–Crippen MR) is 120 cm³/mol. The normalized spacial score (nSPS) is 12.6. The number of hydrogen-bond acceptors (Lipinski definition) is 4. The zero-order chi connectivity index (χ0) is 20.7. The largest absolute Gasteiger partial charge is 0.353 e. The van der Waals surface area contributed by atoms with Gasteiger partial charge in [0.1, 0.15) is 0 Å². The molecule has 0 saturated carbocycles. The van der Waals surface area contributed by atoms with E-state index in [-0.39, 0.29) is 5.78 Å². The monoisotopic (exact) mass is 397 g/mol. The Balaban J connectivity index is 1.37. The van der Waals surface area contributed by atoms with Gasteiger partial charge in [0.2, 0.25) is 0 Å². The Hall–Kier alpha value is -3.67. The highest BCUT2D eigenvalue weighted by Gasteiger charge is 2.12. The van der Waals surface area contributed by atoms with Gasteiger partial charge < -0.3 is 10.3 Å². The predicted octanol–water partition coefficient (Wildman–Crippen LogP) is 5.26. The summed E-state index contributed by atoms with van der Waals surface area (Å²) >= 11 is 0. The molecule has 150 valence electrons. The molecule has 0 atom stereocenters. The number of aliphatic imine (C=N–C) groups is 1. The molecule has 6 nitrogen and oxygen atoms in total. The molecule has 3 heterocycles. The van der Waals surface area contributed by atoms with Crippen LogP contribution in [0, 0.1) is 5.92 Å². The molecule has 5 rings (SSSR count). The molecule has 0 amide bonds. The maximum Gasteiger partial charge on any atom is 0.179 e. The number of Topliss-reactive ketones (excluding diaryl/α,β-unsaturated/α-hetero) is 1. The lowest BCUT2D eigenvalue weighted by Crippen LogP contribution is -2.03. The van der Waals surface area contributed by atoms with Crippen LogP contribution in [0.2, 0.25) is 0 Å². The topological polar surface area (TPSA) is 75.1 Å². The second kappa shape index (κ2) is 7.30. The number of rotatable bonds is 6. The van der Waals surface area contributed by atoms with Crippen molar-refractivity contribution in [3.8, 4) is 5.69 Å². The van der Waals surface area contributed by atoms with Gasteiger partial charge in [0.25, 0.3) is 0 Å². The lowest BCUT2D eigenvalue weighted by molar-refractivity contribution is 0.0964. The number of hydrogen-bond donors (Lipinski definition) is 2. The van der Waals surface area contributed by atoms with Crippen LogP contribution in [-0.4, -0.2) is 26.8 Å². The highest BCUT2D eigenvalue weighted by molar-refractivity contribution is 5.99. The van der Waals surface area contributed by atoms with Crippen LogP contribution < -0.4 is 5.32 Å². The van der Waals surface area contributed by atoms with Gasteiger partial charge in [-0.2, -0.15) is 5.10 Å². The SMILES string of the molecule is CC(C)CC(=O)c1cc2ccc(-n3cc(Nc4ccc5c(c4)C=NC5)cn3)cc2[nH]1. The molecule has 0 radical (unpaired) electrons. The minimum absolute atomic E-state index is 0.146. The zero-order valence-electron chi connectivity index (χ0n) is 17.0. The van der Waals surface area contributed by atoms with Crippen LogP contribution in [-0.2, 0) is 6.54 Å². The summed E-state index contributed by atoms with van der Waals surface area (Å²) in [5, 5.41) is 8.92. The van der Waals surface area contributed by atoms with Crippen molar-refractivity contribution in [1.29, 1.82) is 0 Å². The molecule has 30 heavy (non-hydrogen) atoms. The van der Waals surface area contributed by atoms with Gasteiger partial charge in [0.05, 0.1) is 36.0 Å². The van der Waals surface area contributed by atoms with E-state index in [4.69, 9.17) is 0 Å². The molecule has 0 fully saturated rings. The van der Waals surface area contributed by atoms with Crippen LogP contribution in [0.4, 0.5) is 11.4 Å². The lowest BCUT2D eigenvalue weighted by atomic mass is 10.1. The molecule has 2 aromatic carbocycles. The molecule has 1 aliphatic heterocycles. The summed E-state index contributed by atoms with van der Waals surface area (Å²) in [5.41, 5.74) is 6.86. The molecule has 0 spiro atoms. The van der Waals surface area contributed by atoms with E-state index in [2.05, 4.69) is 52.4 Å². The average Bonchev–Trinajstić information content (AvgIpc) is 3.45. The van der Waals surface area contributed by atoms with Crippen molar-refractivity contribution < 1.29 is 4.79 Å². The van der Waals surface area contributed by atoms with E-state index in [0.717, 1.165) is 40.1 Å². The number of aromatic amines is 1. The fraction of sp³-hybridized carbons (Fsp3) is 0.208. The van der Waals surface area contributed by atoms with Gasteiger partial charge in [-0.05, 0) is 47.4 Å². The van der Waals surface area contributed by atoms with Crippen molar-refractivity contribution in [3.05, 3.63) is 71.7 Å². The Labute approximate surface area is 174 Å². The zero-order valence-corrected chi connectivity index (χ0v) is 17.0. The first-order chi connectivity index (χ1) is 14.5. The highest BCUT2D eigenvalue weighted by Crippen LogP contribution is 2.24. The van der Waals surface area contributed by atoms with Crippen molar-refractivity contribution >= 4 is 34.3 Å². The summed E-state index contributed by atoms with van der Waals surface area (Å²) in [4.78, 5) is 19.9. The van der Waals surface area contributed by atoms with Crippen LogP contribution in [0.1, 0.15) is 41.9 Å². The summed E-state index contributed by atoms with van der Waals surface area (Å²) in [6, 6.07) is 14.2. The maximum absolute atomic E-state index is 12.4. The Morgan fingerprint density at radius 3 is 2.93 bits per heavy atom. The Bertz CT molecular complexity index is 1280. The molecule has 2 aromatic heterocycles. The molecule has 6 heteroatoms. The van der Waals surface area contributed by atoms with Crippen LogP contribution in [0.5, 0.6) is 0 Å². The first-order valence-corrected chi connectivity index (χ1v) is 10.2. The molecular weight excluding hydrogens is 374 g/mol. The number of anilines is 2. The summed E-state index contributed by atoms with van der Waals surface area (Å²) in [6.07, 6.45) is 6.21. The van der Waals surface area contributed by atoms with Crippen molar-refractivity contribution in [2.75, 3.05) is 5.32 Å². The number of nitrogens with zero attached hydrogens (tertiary/aromatic N) is 3. The number of fused-ring (bicyclic) bond motifs is 2. The van der Waals surface area contributed by atoms with Crippen molar-refractivity contribution in [2.24, 2.45) is 10.9 Å². The molecule has 1 aliphatic rings. The quantitative estimate of drug-likeness (QED) is 0.436. The minimum atomic E-state index is 0.146. The molecule has 0 bridgehead atoms. The highest BCUT2D eigenvalue weighted by atomic mass is 16.1. The fourth-order valence-corrected chi connectivity index (χ4v) is 3.76. The van der Waals surface area contributed by atoms with Crippen LogP contribution in [0.15, 0.2) is 59.9 Å². The molecule has 4 aromatic rings. The molecule has 0 unspecified atom stereocenters. The Morgan fingerprint density at radius 1 is 1.17 bits per heavy atom. The maximum atomic E-state index is 12.4.